The molecule has 0 fully saturated rings. The van der Waals surface area contributed by atoms with Crippen molar-refractivity contribution in [1.82, 2.24) is 14.8 Å². The standard InChI is InChI=1S/C11H7N3O2/c15-10-8-4-1-2-5-9(8)13-11(16-10)14-7-3-6-12-14/h1-7H. The van der Waals surface area contributed by atoms with E-state index in [0.29, 0.717) is 10.9 Å². The van der Waals surface area contributed by atoms with E-state index in [4.69, 9.17) is 4.42 Å². The minimum Gasteiger partial charge on any atom is -0.387 e. The zero-order chi connectivity index (χ0) is 11.0. The Morgan fingerprint density at radius 3 is 2.88 bits per heavy atom. The van der Waals surface area contributed by atoms with Crippen LogP contribution in [0.5, 0.6) is 0 Å². The molecule has 0 radical (unpaired) electrons. The van der Waals surface area contributed by atoms with Crippen LogP contribution in [0.3, 0.4) is 0 Å². The van der Waals surface area contributed by atoms with Crippen molar-refractivity contribution < 1.29 is 4.42 Å². The summed E-state index contributed by atoms with van der Waals surface area (Å²) in [5.74, 6) is 0. The average Bonchev–Trinajstić information content (AvgIpc) is 2.82. The largest absolute Gasteiger partial charge is 0.387 e. The van der Waals surface area contributed by atoms with Gasteiger partial charge in [0, 0.05) is 12.4 Å². The van der Waals surface area contributed by atoms with Crippen LogP contribution in [0, 0.1) is 0 Å². The monoisotopic (exact) mass is 213 g/mol. The summed E-state index contributed by atoms with van der Waals surface area (Å²) in [6, 6.07) is 8.95. The third kappa shape index (κ3) is 1.30. The molecule has 1 aromatic carbocycles. The van der Waals surface area contributed by atoms with E-state index in [2.05, 4.69) is 10.1 Å². The molecule has 3 aromatic rings. The van der Waals surface area contributed by atoms with Gasteiger partial charge in [-0.3, -0.25) is 0 Å². The summed E-state index contributed by atoms with van der Waals surface area (Å²) in [5.41, 5.74) is 0.195. The highest BCUT2D eigenvalue weighted by molar-refractivity contribution is 5.76. The van der Waals surface area contributed by atoms with Crippen molar-refractivity contribution in [3.8, 4) is 6.01 Å². The lowest BCUT2D eigenvalue weighted by Gasteiger charge is -1.99. The Morgan fingerprint density at radius 1 is 1.19 bits per heavy atom. The lowest BCUT2D eigenvalue weighted by Crippen LogP contribution is -2.07. The number of hydrogen-bond donors (Lipinski definition) is 0. The molecule has 3 rings (SSSR count). The minimum absolute atomic E-state index is 0.175. The molecular formula is C11H7N3O2. The van der Waals surface area contributed by atoms with Crippen LogP contribution in [0.15, 0.2) is 51.9 Å². The summed E-state index contributed by atoms with van der Waals surface area (Å²) in [6.07, 6.45) is 3.26. The molecule has 0 spiro atoms. The highest BCUT2D eigenvalue weighted by Crippen LogP contribution is 2.09. The Bertz CT molecular complexity index is 686. The summed E-state index contributed by atoms with van der Waals surface area (Å²) >= 11 is 0. The second kappa shape index (κ2) is 3.30. The molecular weight excluding hydrogens is 206 g/mol. The van der Waals surface area contributed by atoms with Gasteiger partial charge in [-0.25, -0.2) is 4.79 Å². The molecule has 2 heterocycles. The van der Waals surface area contributed by atoms with Gasteiger partial charge in [-0.05, 0) is 18.2 Å². The smallest absolute Gasteiger partial charge is 0.348 e. The fourth-order valence-corrected chi connectivity index (χ4v) is 1.49. The van der Waals surface area contributed by atoms with Crippen LogP contribution in [0.25, 0.3) is 16.9 Å². The normalized spacial score (nSPS) is 10.8. The summed E-state index contributed by atoms with van der Waals surface area (Å²) < 4.78 is 6.48. The highest BCUT2D eigenvalue weighted by Gasteiger charge is 2.06. The van der Waals surface area contributed by atoms with E-state index in [1.807, 2.05) is 6.07 Å². The first-order valence-corrected chi connectivity index (χ1v) is 4.74. The van der Waals surface area contributed by atoms with E-state index in [9.17, 15) is 4.79 Å². The van der Waals surface area contributed by atoms with Crippen molar-refractivity contribution in [2.45, 2.75) is 0 Å². The van der Waals surface area contributed by atoms with Crippen molar-refractivity contribution >= 4 is 10.9 Å². The van der Waals surface area contributed by atoms with Gasteiger partial charge in [-0.2, -0.15) is 14.8 Å². The Hall–Kier alpha value is -2.43. The van der Waals surface area contributed by atoms with Crippen LogP contribution < -0.4 is 5.63 Å². The maximum absolute atomic E-state index is 11.6. The van der Waals surface area contributed by atoms with Gasteiger partial charge in [0.1, 0.15) is 0 Å². The molecule has 5 nitrogen and oxygen atoms in total. The predicted molar refractivity (Wildman–Crippen MR) is 57.4 cm³/mol. The second-order valence-corrected chi connectivity index (χ2v) is 3.25. The summed E-state index contributed by atoms with van der Waals surface area (Å²) in [4.78, 5) is 15.9. The summed E-state index contributed by atoms with van der Waals surface area (Å²) in [7, 11) is 0. The first kappa shape index (κ1) is 8.84. The van der Waals surface area contributed by atoms with Gasteiger partial charge in [0.05, 0.1) is 10.9 Å². The number of nitrogens with zero attached hydrogens (tertiary/aromatic N) is 3. The molecule has 0 unspecified atom stereocenters. The highest BCUT2D eigenvalue weighted by atomic mass is 16.4. The van der Waals surface area contributed by atoms with Crippen molar-refractivity contribution in [3.63, 3.8) is 0 Å². The Kier molecular flexibility index (Phi) is 1.83. The van der Waals surface area contributed by atoms with Gasteiger partial charge >= 0.3 is 11.6 Å². The zero-order valence-electron chi connectivity index (χ0n) is 8.20. The van der Waals surface area contributed by atoms with Crippen LogP contribution in [0.1, 0.15) is 0 Å². The van der Waals surface area contributed by atoms with Crippen LogP contribution in [-0.2, 0) is 0 Å². The third-order valence-corrected chi connectivity index (χ3v) is 2.22. The van der Waals surface area contributed by atoms with E-state index in [1.54, 1.807) is 36.7 Å². The number of fused-ring (bicyclic) bond motifs is 1. The molecule has 0 saturated heterocycles. The van der Waals surface area contributed by atoms with E-state index in [0.717, 1.165) is 0 Å². The molecule has 0 saturated carbocycles. The number of rotatable bonds is 1. The fraction of sp³-hybridized carbons (Fsp3) is 0. The Morgan fingerprint density at radius 2 is 2.06 bits per heavy atom. The van der Waals surface area contributed by atoms with Gasteiger partial charge in [-0.15, -0.1) is 0 Å². The van der Waals surface area contributed by atoms with Crippen LogP contribution in [0.2, 0.25) is 0 Å². The molecule has 78 valence electrons. The van der Waals surface area contributed by atoms with Crippen molar-refractivity contribution in [2.24, 2.45) is 0 Å². The fourth-order valence-electron chi connectivity index (χ4n) is 1.49. The van der Waals surface area contributed by atoms with Crippen LogP contribution in [0.4, 0.5) is 0 Å². The molecule has 0 N–H and O–H groups in total. The topological polar surface area (TPSA) is 60.9 Å². The van der Waals surface area contributed by atoms with E-state index in [1.165, 1.54) is 4.68 Å². The molecule has 5 heteroatoms. The van der Waals surface area contributed by atoms with Crippen molar-refractivity contribution in [2.75, 3.05) is 0 Å². The van der Waals surface area contributed by atoms with Gasteiger partial charge < -0.3 is 4.42 Å². The molecule has 0 amide bonds. The maximum atomic E-state index is 11.6. The molecule has 16 heavy (non-hydrogen) atoms. The SMILES string of the molecule is O=c1oc(-n2cccn2)nc2ccccc12. The minimum atomic E-state index is -0.406. The lowest BCUT2D eigenvalue weighted by atomic mass is 10.2. The molecule has 0 aliphatic heterocycles. The third-order valence-electron chi connectivity index (χ3n) is 2.22. The van der Waals surface area contributed by atoms with Crippen molar-refractivity contribution in [3.05, 3.63) is 53.1 Å². The van der Waals surface area contributed by atoms with Crippen molar-refractivity contribution in [1.29, 1.82) is 0 Å². The average molecular weight is 213 g/mol. The number of benzene rings is 1. The molecule has 0 aliphatic carbocycles. The first-order valence-electron chi connectivity index (χ1n) is 4.74. The Labute approximate surface area is 90.0 Å². The van der Waals surface area contributed by atoms with Gasteiger partial charge in [-0.1, -0.05) is 12.1 Å². The number of hydrogen-bond acceptors (Lipinski definition) is 4. The maximum Gasteiger partial charge on any atom is 0.348 e. The summed E-state index contributed by atoms with van der Waals surface area (Å²) in [6.45, 7) is 0. The van der Waals surface area contributed by atoms with Gasteiger partial charge in [0.2, 0.25) is 0 Å². The molecule has 0 atom stereocenters. The van der Waals surface area contributed by atoms with Crippen LogP contribution in [-0.4, -0.2) is 14.8 Å². The van der Waals surface area contributed by atoms with E-state index in [-0.39, 0.29) is 6.01 Å². The quantitative estimate of drug-likeness (QED) is 0.612. The molecule has 0 aliphatic rings. The zero-order valence-corrected chi connectivity index (χ0v) is 8.20. The second-order valence-electron chi connectivity index (χ2n) is 3.25. The number of aromatic nitrogens is 3. The first-order chi connectivity index (χ1) is 7.84. The Balaban J connectivity index is 2.34. The van der Waals surface area contributed by atoms with E-state index < -0.39 is 5.63 Å². The predicted octanol–water partition coefficient (Wildman–Crippen LogP) is 1.37. The molecule has 2 aromatic heterocycles. The lowest BCUT2D eigenvalue weighted by molar-refractivity contribution is 0.462. The molecule has 0 bridgehead atoms. The van der Waals surface area contributed by atoms with E-state index >= 15 is 0 Å². The van der Waals surface area contributed by atoms with Gasteiger partial charge in [0.25, 0.3) is 0 Å². The number of para-hydroxylation sites is 1. The van der Waals surface area contributed by atoms with Crippen LogP contribution >= 0.6 is 0 Å². The summed E-state index contributed by atoms with van der Waals surface area (Å²) in [5, 5.41) is 4.43. The van der Waals surface area contributed by atoms with Gasteiger partial charge in [0.15, 0.2) is 0 Å².